The van der Waals surface area contributed by atoms with Crippen LogP contribution in [0, 0.1) is 6.92 Å². The van der Waals surface area contributed by atoms with Crippen LogP contribution in [-0.2, 0) is 21.3 Å². The lowest BCUT2D eigenvalue weighted by molar-refractivity contribution is 0.0276. The Morgan fingerprint density at radius 1 is 1.33 bits per heavy atom. The molecule has 120 valence electrons. The van der Waals surface area contributed by atoms with Crippen molar-refractivity contribution in [3.8, 4) is 0 Å². The summed E-state index contributed by atoms with van der Waals surface area (Å²) in [5.74, 6) is 0. The van der Waals surface area contributed by atoms with Gasteiger partial charge in [0.2, 0.25) is 10.0 Å². The predicted molar refractivity (Wildman–Crippen MR) is 87.9 cm³/mol. The second-order valence-corrected chi connectivity index (χ2v) is 8.07. The molecule has 0 aromatic heterocycles. The zero-order valence-electron chi connectivity index (χ0n) is 13.1. The van der Waals surface area contributed by atoms with Gasteiger partial charge in [0.1, 0.15) is 0 Å². The molecule has 0 radical (unpaired) electrons. The first-order valence-electron chi connectivity index (χ1n) is 6.61. The zero-order chi connectivity index (χ0) is 16.3. The lowest BCUT2D eigenvalue weighted by Crippen LogP contribution is -2.39. The van der Waals surface area contributed by atoms with Crippen LogP contribution in [-0.4, -0.2) is 34.7 Å². The van der Waals surface area contributed by atoms with Gasteiger partial charge < -0.3 is 10.1 Å². The summed E-state index contributed by atoms with van der Waals surface area (Å²) in [6.45, 7) is 6.34. The molecule has 0 amide bonds. The van der Waals surface area contributed by atoms with Crippen LogP contribution in [0.4, 0.5) is 0 Å². The summed E-state index contributed by atoms with van der Waals surface area (Å²) < 4.78 is 33.4. The molecule has 1 aromatic carbocycles. The van der Waals surface area contributed by atoms with Crippen molar-refractivity contribution in [1.82, 2.24) is 10.0 Å². The Balaban J connectivity index is 3.13. The highest BCUT2D eigenvalue weighted by molar-refractivity contribution is 9.10. The summed E-state index contributed by atoms with van der Waals surface area (Å²) in [5, 5.41) is 3.02. The predicted octanol–water partition coefficient (Wildman–Crippen LogP) is 2.18. The SMILES string of the molecule is CNCc1cc(C)c(Br)c(S(=O)(=O)NCC(C)(C)OC)c1. The average molecular weight is 379 g/mol. The number of hydrogen-bond acceptors (Lipinski definition) is 4. The van der Waals surface area contributed by atoms with Gasteiger partial charge in [0.05, 0.1) is 10.5 Å². The molecule has 0 spiro atoms. The number of halogens is 1. The van der Waals surface area contributed by atoms with Gasteiger partial charge >= 0.3 is 0 Å². The Hall–Kier alpha value is -0.470. The van der Waals surface area contributed by atoms with Gasteiger partial charge in [-0.25, -0.2) is 13.1 Å². The van der Waals surface area contributed by atoms with Gasteiger partial charge in [0.15, 0.2) is 0 Å². The van der Waals surface area contributed by atoms with Crippen LogP contribution in [0.2, 0.25) is 0 Å². The fourth-order valence-corrected chi connectivity index (χ4v) is 3.99. The molecule has 2 N–H and O–H groups in total. The fourth-order valence-electron chi connectivity index (χ4n) is 1.73. The van der Waals surface area contributed by atoms with Crippen LogP contribution < -0.4 is 10.0 Å². The fraction of sp³-hybridized carbons (Fsp3) is 0.571. The quantitative estimate of drug-likeness (QED) is 0.762. The minimum absolute atomic E-state index is 0.202. The number of ether oxygens (including phenoxy) is 1. The van der Waals surface area contributed by atoms with Crippen molar-refractivity contribution in [3.63, 3.8) is 0 Å². The molecule has 5 nitrogen and oxygen atoms in total. The number of methoxy groups -OCH3 is 1. The lowest BCUT2D eigenvalue weighted by atomic mass is 10.1. The van der Waals surface area contributed by atoms with Crippen LogP contribution >= 0.6 is 15.9 Å². The zero-order valence-corrected chi connectivity index (χ0v) is 15.5. The molecular formula is C14H23BrN2O3S. The average Bonchev–Trinajstić information content (AvgIpc) is 2.41. The van der Waals surface area contributed by atoms with Crippen LogP contribution in [0.1, 0.15) is 25.0 Å². The smallest absolute Gasteiger partial charge is 0.241 e. The normalized spacial score (nSPS) is 12.7. The highest BCUT2D eigenvalue weighted by Gasteiger charge is 2.24. The summed E-state index contributed by atoms with van der Waals surface area (Å²) in [4.78, 5) is 0.250. The van der Waals surface area contributed by atoms with E-state index in [1.54, 1.807) is 13.2 Å². The first kappa shape index (κ1) is 18.6. The molecule has 1 aromatic rings. The van der Waals surface area contributed by atoms with Gasteiger partial charge in [-0.15, -0.1) is 0 Å². The number of aryl methyl sites for hydroxylation is 1. The Bertz CT molecular complexity index is 600. The summed E-state index contributed by atoms with van der Waals surface area (Å²) in [5.41, 5.74) is 1.25. The third-order valence-electron chi connectivity index (χ3n) is 3.19. The summed E-state index contributed by atoms with van der Waals surface area (Å²) in [6, 6.07) is 3.63. The van der Waals surface area contributed by atoms with Crippen molar-refractivity contribution in [2.24, 2.45) is 0 Å². The molecule has 0 saturated heterocycles. The van der Waals surface area contributed by atoms with Gasteiger partial charge in [0.25, 0.3) is 0 Å². The molecule has 0 aliphatic rings. The summed E-state index contributed by atoms with van der Waals surface area (Å²) in [7, 11) is -0.220. The second-order valence-electron chi connectivity index (χ2n) is 5.54. The Kier molecular flexibility index (Phi) is 6.36. The maximum atomic E-state index is 12.5. The highest BCUT2D eigenvalue weighted by Crippen LogP contribution is 2.27. The third kappa shape index (κ3) is 5.03. The van der Waals surface area contributed by atoms with E-state index in [0.29, 0.717) is 11.0 Å². The number of hydrogen-bond donors (Lipinski definition) is 2. The number of benzene rings is 1. The van der Waals surface area contributed by atoms with Gasteiger partial charge in [-0.1, -0.05) is 6.07 Å². The molecule has 21 heavy (non-hydrogen) atoms. The third-order valence-corrected chi connectivity index (χ3v) is 5.93. The Morgan fingerprint density at radius 2 is 1.95 bits per heavy atom. The minimum atomic E-state index is -3.60. The highest BCUT2D eigenvalue weighted by atomic mass is 79.9. The Labute approximate surface area is 135 Å². The van der Waals surface area contributed by atoms with E-state index in [1.165, 1.54) is 0 Å². The van der Waals surface area contributed by atoms with Gasteiger partial charge in [-0.05, 0) is 60.9 Å². The molecular weight excluding hydrogens is 356 g/mol. The van der Waals surface area contributed by atoms with E-state index in [-0.39, 0.29) is 11.4 Å². The van der Waals surface area contributed by atoms with E-state index in [0.717, 1.165) is 11.1 Å². The molecule has 0 atom stereocenters. The topological polar surface area (TPSA) is 67.4 Å². The van der Waals surface area contributed by atoms with Crippen molar-refractivity contribution >= 4 is 26.0 Å². The first-order valence-corrected chi connectivity index (χ1v) is 8.89. The van der Waals surface area contributed by atoms with Gasteiger partial charge in [0, 0.05) is 24.7 Å². The summed E-state index contributed by atoms with van der Waals surface area (Å²) >= 11 is 3.37. The maximum Gasteiger partial charge on any atom is 0.241 e. The van der Waals surface area contributed by atoms with E-state index >= 15 is 0 Å². The van der Waals surface area contributed by atoms with Gasteiger partial charge in [-0.2, -0.15) is 0 Å². The molecule has 0 unspecified atom stereocenters. The molecule has 0 bridgehead atoms. The van der Waals surface area contributed by atoms with Crippen LogP contribution in [0.3, 0.4) is 0 Å². The van der Waals surface area contributed by atoms with E-state index in [2.05, 4.69) is 26.0 Å². The van der Waals surface area contributed by atoms with E-state index < -0.39 is 15.6 Å². The second kappa shape index (κ2) is 7.19. The first-order chi connectivity index (χ1) is 9.63. The number of sulfonamides is 1. The molecule has 0 aliphatic heterocycles. The molecule has 0 heterocycles. The molecule has 0 fully saturated rings. The largest absolute Gasteiger partial charge is 0.377 e. The molecule has 0 saturated carbocycles. The standard InChI is InChI=1S/C14H23BrN2O3S/c1-10-6-11(8-16-4)7-12(13(10)15)21(18,19)17-9-14(2,3)20-5/h6-7,16-17H,8-9H2,1-5H3. The van der Waals surface area contributed by atoms with E-state index in [4.69, 9.17) is 4.74 Å². The van der Waals surface area contributed by atoms with Crippen LogP contribution in [0.5, 0.6) is 0 Å². The molecule has 7 heteroatoms. The van der Waals surface area contributed by atoms with E-state index in [9.17, 15) is 8.42 Å². The molecule has 0 aliphatic carbocycles. The van der Waals surface area contributed by atoms with E-state index in [1.807, 2.05) is 33.9 Å². The lowest BCUT2D eigenvalue weighted by Gasteiger charge is -2.23. The summed E-state index contributed by atoms with van der Waals surface area (Å²) in [6.07, 6.45) is 0. The van der Waals surface area contributed by atoms with Gasteiger partial charge in [-0.3, -0.25) is 0 Å². The van der Waals surface area contributed by atoms with Crippen LogP contribution in [0.15, 0.2) is 21.5 Å². The number of nitrogens with one attached hydrogen (secondary N) is 2. The van der Waals surface area contributed by atoms with Crippen molar-refractivity contribution in [3.05, 3.63) is 27.7 Å². The van der Waals surface area contributed by atoms with Crippen molar-refractivity contribution in [2.45, 2.75) is 37.8 Å². The maximum absolute atomic E-state index is 12.5. The van der Waals surface area contributed by atoms with Crippen molar-refractivity contribution in [1.29, 1.82) is 0 Å². The van der Waals surface area contributed by atoms with Crippen molar-refractivity contribution in [2.75, 3.05) is 20.7 Å². The number of rotatable bonds is 7. The van der Waals surface area contributed by atoms with Crippen LogP contribution in [0.25, 0.3) is 0 Å². The molecule has 1 rings (SSSR count). The Morgan fingerprint density at radius 3 is 2.48 bits per heavy atom. The monoisotopic (exact) mass is 378 g/mol. The minimum Gasteiger partial charge on any atom is -0.377 e. The van der Waals surface area contributed by atoms with Crippen molar-refractivity contribution < 1.29 is 13.2 Å².